The number of benzene rings is 1. The Morgan fingerprint density at radius 1 is 1.42 bits per heavy atom. The van der Waals surface area contributed by atoms with Crippen LogP contribution in [0.2, 0.25) is 5.02 Å². The minimum Gasteiger partial charge on any atom is -0.382 e. The molecule has 7 heteroatoms. The van der Waals surface area contributed by atoms with Crippen LogP contribution in [-0.4, -0.2) is 10.3 Å². The van der Waals surface area contributed by atoms with Crippen molar-refractivity contribution in [3.8, 4) is 0 Å². The van der Waals surface area contributed by atoms with Crippen LogP contribution >= 0.6 is 23.1 Å². The fraction of sp³-hybridized carbons (Fsp3) is 0.167. The molecular formula is C12H13ClN4OS. The van der Waals surface area contributed by atoms with Gasteiger partial charge >= 0.3 is 0 Å². The minimum absolute atomic E-state index is 0.0183. The summed E-state index contributed by atoms with van der Waals surface area (Å²) in [7, 11) is 0. The van der Waals surface area contributed by atoms with Gasteiger partial charge in [0, 0.05) is 11.1 Å². The van der Waals surface area contributed by atoms with Crippen LogP contribution in [0.1, 0.15) is 28.9 Å². The molecular weight excluding hydrogens is 284 g/mol. The first-order valence-electron chi connectivity index (χ1n) is 5.56. The van der Waals surface area contributed by atoms with Crippen LogP contribution in [0.4, 0.5) is 10.8 Å². The molecule has 0 aliphatic carbocycles. The summed E-state index contributed by atoms with van der Waals surface area (Å²) in [5.74, 6) is -0.430. The number of anilines is 2. The van der Waals surface area contributed by atoms with E-state index in [4.69, 9.17) is 23.1 Å². The Bertz CT molecular complexity index is 596. The van der Waals surface area contributed by atoms with Gasteiger partial charge in [-0.25, -0.2) is 0 Å². The zero-order valence-corrected chi connectivity index (χ0v) is 11.8. The van der Waals surface area contributed by atoms with E-state index in [0.29, 0.717) is 10.0 Å². The SMILES string of the molecule is CC(Nc1snc(N)c1C(N)=O)c1ccc(Cl)cc1. The molecule has 5 N–H and O–H groups in total. The lowest BCUT2D eigenvalue weighted by molar-refractivity contribution is 0.100. The van der Waals surface area contributed by atoms with Crippen molar-refractivity contribution in [2.75, 3.05) is 11.1 Å². The first-order valence-corrected chi connectivity index (χ1v) is 6.71. The normalized spacial score (nSPS) is 12.1. The number of carbonyl (C=O) groups excluding carboxylic acids is 1. The molecule has 19 heavy (non-hydrogen) atoms. The van der Waals surface area contributed by atoms with Crippen LogP contribution in [0.25, 0.3) is 0 Å². The van der Waals surface area contributed by atoms with Crippen LogP contribution in [0.15, 0.2) is 24.3 Å². The molecule has 1 aromatic carbocycles. The van der Waals surface area contributed by atoms with Crippen molar-refractivity contribution >= 4 is 39.9 Å². The van der Waals surface area contributed by atoms with E-state index in [1.807, 2.05) is 31.2 Å². The Kier molecular flexibility index (Phi) is 3.92. The Hall–Kier alpha value is -1.79. The Morgan fingerprint density at radius 2 is 2.05 bits per heavy atom. The number of primary amides is 1. The van der Waals surface area contributed by atoms with Crippen molar-refractivity contribution in [3.05, 3.63) is 40.4 Å². The predicted octanol–water partition coefficient (Wildman–Crippen LogP) is 2.65. The summed E-state index contributed by atoms with van der Waals surface area (Å²) >= 11 is 6.96. The maximum absolute atomic E-state index is 11.3. The molecule has 1 heterocycles. The van der Waals surface area contributed by atoms with Gasteiger partial charge < -0.3 is 16.8 Å². The summed E-state index contributed by atoms with van der Waals surface area (Å²) in [5, 5.41) is 4.43. The molecule has 0 spiro atoms. The van der Waals surface area contributed by atoms with E-state index in [2.05, 4.69) is 9.69 Å². The van der Waals surface area contributed by atoms with Gasteiger partial charge in [-0.15, -0.1) is 0 Å². The molecule has 0 bridgehead atoms. The summed E-state index contributed by atoms with van der Waals surface area (Å²) < 4.78 is 3.93. The number of rotatable bonds is 4. The molecule has 0 saturated carbocycles. The van der Waals surface area contributed by atoms with Crippen LogP contribution in [0.5, 0.6) is 0 Å². The topological polar surface area (TPSA) is 94.0 Å². The van der Waals surface area contributed by atoms with E-state index in [0.717, 1.165) is 17.1 Å². The molecule has 1 aromatic heterocycles. The number of nitrogen functional groups attached to an aromatic ring is 1. The smallest absolute Gasteiger partial charge is 0.255 e. The van der Waals surface area contributed by atoms with E-state index >= 15 is 0 Å². The third-order valence-corrected chi connectivity index (χ3v) is 3.73. The second-order valence-corrected chi connectivity index (χ2v) is 5.26. The molecule has 0 radical (unpaired) electrons. The molecule has 1 unspecified atom stereocenters. The summed E-state index contributed by atoms with van der Waals surface area (Å²) in [6, 6.07) is 7.42. The van der Waals surface area contributed by atoms with Crippen molar-refractivity contribution in [1.82, 2.24) is 4.37 Å². The second kappa shape index (κ2) is 5.46. The highest BCUT2D eigenvalue weighted by atomic mass is 35.5. The number of nitrogens with one attached hydrogen (secondary N) is 1. The highest BCUT2D eigenvalue weighted by molar-refractivity contribution is 7.11. The quantitative estimate of drug-likeness (QED) is 0.808. The zero-order valence-electron chi connectivity index (χ0n) is 10.2. The number of nitrogens with zero attached hydrogens (tertiary/aromatic N) is 1. The van der Waals surface area contributed by atoms with E-state index in [1.165, 1.54) is 0 Å². The lowest BCUT2D eigenvalue weighted by atomic mass is 10.1. The standard InChI is InChI=1S/C12H13ClN4OS/c1-6(7-2-4-8(13)5-3-7)16-12-9(11(15)18)10(14)17-19-12/h2-6,16H,1H3,(H2,14,17)(H2,15,18). The van der Waals surface area contributed by atoms with Crippen molar-refractivity contribution in [2.45, 2.75) is 13.0 Å². The average Bonchev–Trinajstić information content (AvgIpc) is 2.71. The van der Waals surface area contributed by atoms with Gasteiger partial charge in [0.2, 0.25) is 0 Å². The monoisotopic (exact) mass is 296 g/mol. The number of nitrogens with two attached hydrogens (primary N) is 2. The summed E-state index contributed by atoms with van der Waals surface area (Å²) in [5.41, 5.74) is 12.2. The third-order valence-electron chi connectivity index (χ3n) is 2.68. The maximum Gasteiger partial charge on any atom is 0.255 e. The lowest BCUT2D eigenvalue weighted by Gasteiger charge is -2.14. The molecule has 2 rings (SSSR count). The second-order valence-electron chi connectivity index (χ2n) is 4.05. The fourth-order valence-electron chi connectivity index (χ4n) is 1.67. The average molecular weight is 297 g/mol. The number of halogens is 1. The van der Waals surface area contributed by atoms with Gasteiger partial charge in [0.1, 0.15) is 10.6 Å². The minimum atomic E-state index is -0.586. The van der Waals surface area contributed by atoms with Gasteiger partial charge in [0.25, 0.3) is 5.91 Å². The largest absolute Gasteiger partial charge is 0.382 e. The number of hydrogen-bond acceptors (Lipinski definition) is 5. The van der Waals surface area contributed by atoms with Crippen molar-refractivity contribution < 1.29 is 4.79 Å². The highest BCUT2D eigenvalue weighted by Gasteiger charge is 2.18. The molecule has 0 fully saturated rings. The van der Waals surface area contributed by atoms with Crippen molar-refractivity contribution in [2.24, 2.45) is 5.73 Å². The molecule has 0 aliphatic heterocycles. The van der Waals surface area contributed by atoms with Crippen LogP contribution < -0.4 is 16.8 Å². The number of amides is 1. The summed E-state index contributed by atoms with van der Waals surface area (Å²) in [6.45, 7) is 1.96. The van der Waals surface area contributed by atoms with Gasteiger partial charge in [-0.2, -0.15) is 4.37 Å². The van der Waals surface area contributed by atoms with Crippen LogP contribution in [0.3, 0.4) is 0 Å². The van der Waals surface area contributed by atoms with Crippen LogP contribution in [0, 0.1) is 0 Å². The molecule has 0 saturated heterocycles. The van der Waals surface area contributed by atoms with Crippen molar-refractivity contribution in [1.29, 1.82) is 0 Å². The van der Waals surface area contributed by atoms with Gasteiger partial charge in [-0.1, -0.05) is 23.7 Å². The Balaban J connectivity index is 2.21. The molecule has 1 amide bonds. The van der Waals surface area contributed by atoms with Gasteiger partial charge in [-0.05, 0) is 36.2 Å². The molecule has 100 valence electrons. The first kappa shape index (κ1) is 13.6. The molecule has 5 nitrogen and oxygen atoms in total. The molecule has 1 atom stereocenters. The maximum atomic E-state index is 11.3. The summed E-state index contributed by atoms with van der Waals surface area (Å²) in [4.78, 5) is 11.3. The van der Waals surface area contributed by atoms with Gasteiger partial charge in [0.15, 0.2) is 5.82 Å². The Labute approximate surface area is 119 Å². The van der Waals surface area contributed by atoms with Crippen molar-refractivity contribution in [3.63, 3.8) is 0 Å². The van der Waals surface area contributed by atoms with E-state index in [-0.39, 0.29) is 17.4 Å². The number of hydrogen-bond donors (Lipinski definition) is 3. The fourth-order valence-corrected chi connectivity index (χ4v) is 2.60. The van der Waals surface area contributed by atoms with E-state index < -0.39 is 5.91 Å². The van der Waals surface area contributed by atoms with E-state index in [9.17, 15) is 4.79 Å². The van der Waals surface area contributed by atoms with Gasteiger partial charge in [-0.3, -0.25) is 4.79 Å². The number of aromatic nitrogens is 1. The summed E-state index contributed by atoms with van der Waals surface area (Å²) in [6.07, 6.45) is 0. The first-order chi connectivity index (χ1) is 8.99. The lowest BCUT2D eigenvalue weighted by Crippen LogP contribution is -2.15. The molecule has 2 aromatic rings. The zero-order chi connectivity index (χ0) is 14.0. The van der Waals surface area contributed by atoms with Crippen LogP contribution in [-0.2, 0) is 0 Å². The Morgan fingerprint density at radius 3 is 2.63 bits per heavy atom. The third kappa shape index (κ3) is 2.97. The highest BCUT2D eigenvalue weighted by Crippen LogP contribution is 2.30. The van der Waals surface area contributed by atoms with Gasteiger partial charge in [0.05, 0.1) is 0 Å². The molecule has 0 aliphatic rings. The predicted molar refractivity (Wildman–Crippen MR) is 78.5 cm³/mol. The van der Waals surface area contributed by atoms with E-state index in [1.54, 1.807) is 0 Å². The number of carbonyl (C=O) groups is 1.